The molecule has 0 unspecified atom stereocenters. The van der Waals surface area contributed by atoms with Gasteiger partial charge in [-0.15, -0.1) is 0 Å². The number of anilines is 1. The van der Waals surface area contributed by atoms with Crippen molar-refractivity contribution in [3.05, 3.63) is 23.2 Å². The lowest BCUT2D eigenvalue weighted by Gasteiger charge is -2.03. The smallest absolute Gasteiger partial charge is 0.183 e. The highest BCUT2D eigenvalue weighted by atomic mass is 35.5. The molecule has 0 bridgehead atoms. The Balaban J connectivity index is 1.81. The van der Waals surface area contributed by atoms with Crippen LogP contribution in [0.3, 0.4) is 0 Å². The summed E-state index contributed by atoms with van der Waals surface area (Å²) >= 11 is 7.52. The Morgan fingerprint density at radius 1 is 1.33 bits per heavy atom. The predicted octanol–water partition coefficient (Wildman–Crippen LogP) is 3.02. The lowest BCUT2D eigenvalue weighted by molar-refractivity contribution is 0.0759. The molecule has 0 spiro atoms. The molecule has 1 N–H and O–H groups in total. The van der Waals surface area contributed by atoms with Gasteiger partial charge in [0.15, 0.2) is 5.13 Å². The molecule has 0 aliphatic heterocycles. The second-order valence-corrected chi connectivity index (χ2v) is 5.13. The van der Waals surface area contributed by atoms with E-state index in [0.717, 1.165) is 26.9 Å². The van der Waals surface area contributed by atoms with E-state index in [9.17, 15) is 0 Å². The summed E-state index contributed by atoms with van der Waals surface area (Å²) in [6.07, 6.45) is 0. The van der Waals surface area contributed by atoms with Gasteiger partial charge in [0.05, 0.1) is 30.0 Å². The molecule has 18 heavy (non-hydrogen) atoms. The van der Waals surface area contributed by atoms with Gasteiger partial charge in [-0.05, 0) is 18.2 Å². The van der Waals surface area contributed by atoms with Crippen molar-refractivity contribution in [1.29, 1.82) is 0 Å². The molecule has 0 atom stereocenters. The molecule has 2 aromatic rings. The van der Waals surface area contributed by atoms with Crippen LogP contribution < -0.4 is 5.32 Å². The topological polar surface area (TPSA) is 43.4 Å². The molecule has 0 aliphatic carbocycles. The van der Waals surface area contributed by atoms with Crippen LogP contribution in [0.5, 0.6) is 0 Å². The van der Waals surface area contributed by atoms with Crippen LogP contribution >= 0.6 is 22.9 Å². The van der Waals surface area contributed by atoms with E-state index in [1.807, 2.05) is 18.2 Å². The predicted molar refractivity (Wildman–Crippen MR) is 75.8 cm³/mol. The number of methoxy groups -OCH3 is 1. The van der Waals surface area contributed by atoms with Crippen molar-refractivity contribution in [2.75, 3.05) is 38.8 Å². The zero-order valence-electron chi connectivity index (χ0n) is 10.1. The molecule has 0 fully saturated rings. The number of thiazole rings is 1. The highest BCUT2D eigenvalue weighted by Crippen LogP contribution is 2.27. The van der Waals surface area contributed by atoms with Gasteiger partial charge in [0.2, 0.25) is 0 Å². The fraction of sp³-hybridized carbons (Fsp3) is 0.417. The lowest BCUT2D eigenvalue weighted by Crippen LogP contribution is -2.11. The van der Waals surface area contributed by atoms with Crippen LogP contribution in [0, 0.1) is 0 Å². The van der Waals surface area contributed by atoms with E-state index in [4.69, 9.17) is 21.1 Å². The maximum Gasteiger partial charge on any atom is 0.183 e. The summed E-state index contributed by atoms with van der Waals surface area (Å²) in [5.74, 6) is 0. The van der Waals surface area contributed by atoms with Gasteiger partial charge < -0.3 is 14.8 Å². The van der Waals surface area contributed by atoms with Crippen LogP contribution in [0.15, 0.2) is 18.2 Å². The van der Waals surface area contributed by atoms with Crippen LogP contribution in [-0.4, -0.2) is 38.5 Å². The highest BCUT2D eigenvalue weighted by Gasteiger charge is 2.03. The first-order valence-electron chi connectivity index (χ1n) is 5.66. The summed E-state index contributed by atoms with van der Waals surface area (Å²) in [4.78, 5) is 4.46. The van der Waals surface area contributed by atoms with Gasteiger partial charge in [-0.25, -0.2) is 4.98 Å². The van der Waals surface area contributed by atoms with E-state index in [1.54, 1.807) is 18.4 Å². The first kappa shape index (κ1) is 13.5. The van der Waals surface area contributed by atoms with Gasteiger partial charge in [-0.3, -0.25) is 0 Å². The molecule has 0 saturated heterocycles. The molecule has 6 heteroatoms. The molecule has 98 valence electrons. The first-order chi connectivity index (χ1) is 8.79. The molecule has 4 nitrogen and oxygen atoms in total. The first-order valence-corrected chi connectivity index (χ1v) is 6.85. The summed E-state index contributed by atoms with van der Waals surface area (Å²) in [6, 6.07) is 5.70. The maximum absolute atomic E-state index is 5.93. The quantitative estimate of drug-likeness (QED) is 0.795. The Kier molecular flexibility index (Phi) is 5.19. The van der Waals surface area contributed by atoms with Gasteiger partial charge in [0.1, 0.15) is 0 Å². The molecule has 1 aromatic heterocycles. The van der Waals surface area contributed by atoms with Crippen molar-refractivity contribution in [3.8, 4) is 0 Å². The molecule has 0 aliphatic rings. The van der Waals surface area contributed by atoms with E-state index in [2.05, 4.69) is 10.3 Å². The minimum absolute atomic E-state index is 0.619. The van der Waals surface area contributed by atoms with E-state index < -0.39 is 0 Å². The number of nitrogens with one attached hydrogen (secondary N) is 1. The number of benzene rings is 1. The van der Waals surface area contributed by atoms with Crippen molar-refractivity contribution in [2.45, 2.75) is 0 Å². The van der Waals surface area contributed by atoms with Crippen molar-refractivity contribution < 1.29 is 9.47 Å². The SMILES string of the molecule is COCCOCCNc1nc2ccc(Cl)cc2s1. The van der Waals surface area contributed by atoms with Crippen LogP contribution in [0.1, 0.15) is 0 Å². The Hall–Kier alpha value is -0.880. The third kappa shape index (κ3) is 3.81. The summed E-state index contributed by atoms with van der Waals surface area (Å²) in [5.41, 5.74) is 0.965. The van der Waals surface area contributed by atoms with Gasteiger partial charge in [0, 0.05) is 18.7 Å². The monoisotopic (exact) mass is 286 g/mol. The molecule has 1 aromatic carbocycles. The summed E-state index contributed by atoms with van der Waals surface area (Å²) in [7, 11) is 1.66. The normalized spacial score (nSPS) is 11.0. The van der Waals surface area contributed by atoms with Gasteiger partial charge in [0.25, 0.3) is 0 Å². The van der Waals surface area contributed by atoms with Crippen molar-refractivity contribution in [2.24, 2.45) is 0 Å². The number of nitrogens with zero attached hydrogens (tertiary/aromatic N) is 1. The molecule has 0 saturated carbocycles. The molecule has 2 rings (SSSR count). The minimum Gasteiger partial charge on any atom is -0.382 e. The van der Waals surface area contributed by atoms with Crippen molar-refractivity contribution in [1.82, 2.24) is 4.98 Å². The fourth-order valence-corrected chi connectivity index (χ4v) is 2.62. The largest absolute Gasteiger partial charge is 0.382 e. The summed E-state index contributed by atoms with van der Waals surface area (Å²) in [5, 5.41) is 4.86. The van der Waals surface area contributed by atoms with E-state index in [-0.39, 0.29) is 0 Å². The number of ether oxygens (including phenoxy) is 2. The third-order valence-corrected chi connectivity index (χ3v) is 3.52. The Morgan fingerprint density at radius 2 is 2.22 bits per heavy atom. The number of aromatic nitrogens is 1. The Morgan fingerprint density at radius 3 is 3.06 bits per heavy atom. The van der Waals surface area contributed by atoms with Crippen LogP contribution in [0.2, 0.25) is 5.02 Å². The zero-order valence-corrected chi connectivity index (χ0v) is 11.7. The fourth-order valence-electron chi connectivity index (χ4n) is 1.45. The standard InChI is InChI=1S/C12H15ClN2O2S/c1-16-6-7-17-5-4-14-12-15-10-3-2-9(13)8-11(10)18-12/h2-3,8H,4-7H2,1H3,(H,14,15). The van der Waals surface area contributed by atoms with Gasteiger partial charge >= 0.3 is 0 Å². The number of rotatable bonds is 7. The molecule has 1 heterocycles. The summed E-state index contributed by atoms with van der Waals surface area (Å²) < 4.78 is 11.3. The molecular weight excluding hydrogens is 272 g/mol. The highest BCUT2D eigenvalue weighted by molar-refractivity contribution is 7.22. The van der Waals surface area contributed by atoms with Crippen LogP contribution in [0.25, 0.3) is 10.2 Å². The minimum atomic E-state index is 0.619. The van der Waals surface area contributed by atoms with Crippen LogP contribution in [-0.2, 0) is 9.47 Å². The van der Waals surface area contributed by atoms with E-state index in [1.165, 1.54) is 0 Å². The molecule has 0 amide bonds. The van der Waals surface area contributed by atoms with Crippen molar-refractivity contribution in [3.63, 3.8) is 0 Å². The zero-order chi connectivity index (χ0) is 12.8. The van der Waals surface area contributed by atoms with Gasteiger partial charge in [-0.2, -0.15) is 0 Å². The van der Waals surface area contributed by atoms with Crippen molar-refractivity contribution >= 4 is 38.3 Å². The number of hydrogen-bond acceptors (Lipinski definition) is 5. The average Bonchev–Trinajstić information content (AvgIpc) is 2.75. The Labute approximate surface area is 115 Å². The van der Waals surface area contributed by atoms with E-state index >= 15 is 0 Å². The molecule has 0 radical (unpaired) electrons. The molecular formula is C12H15ClN2O2S. The Bertz CT molecular complexity index is 504. The average molecular weight is 287 g/mol. The van der Waals surface area contributed by atoms with Crippen LogP contribution in [0.4, 0.5) is 5.13 Å². The second-order valence-electron chi connectivity index (χ2n) is 3.66. The third-order valence-electron chi connectivity index (χ3n) is 2.30. The van der Waals surface area contributed by atoms with Gasteiger partial charge in [-0.1, -0.05) is 22.9 Å². The number of halogens is 1. The number of hydrogen-bond donors (Lipinski definition) is 1. The summed E-state index contributed by atoms with van der Waals surface area (Å²) in [6.45, 7) is 2.62. The van der Waals surface area contributed by atoms with E-state index in [0.29, 0.717) is 19.8 Å². The second kappa shape index (κ2) is 6.89. The lowest BCUT2D eigenvalue weighted by atomic mass is 10.3. The maximum atomic E-state index is 5.93. The number of fused-ring (bicyclic) bond motifs is 1.